The summed E-state index contributed by atoms with van der Waals surface area (Å²) in [7, 11) is 1.79. The topological polar surface area (TPSA) is 70.5 Å². The van der Waals surface area contributed by atoms with Crippen LogP contribution in [0.4, 0.5) is 0 Å². The first-order valence-electron chi connectivity index (χ1n) is 7.04. The van der Waals surface area contributed by atoms with E-state index in [1.54, 1.807) is 29.4 Å². The Morgan fingerprint density at radius 2 is 2.05 bits per heavy atom. The summed E-state index contributed by atoms with van der Waals surface area (Å²) in [6.45, 7) is 1.99. The van der Waals surface area contributed by atoms with Crippen LogP contribution in [0, 0.1) is 6.92 Å². The van der Waals surface area contributed by atoms with Crippen LogP contribution in [0.25, 0.3) is 0 Å². The molecule has 1 aliphatic rings. The Morgan fingerprint density at radius 3 is 2.73 bits per heavy atom. The SMILES string of the molecule is Cc1nc2c(s1)C(N(C)C(=O)c1ccc(C(=O)O)s1)CCC2. The number of amides is 1. The minimum absolute atomic E-state index is 0.0397. The van der Waals surface area contributed by atoms with E-state index in [4.69, 9.17) is 5.11 Å². The van der Waals surface area contributed by atoms with Gasteiger partial charge in [-0.25, -0.2) is 9.78 Å². The third-order valence-corrected chi connectivity index (χ3v) is 6.02. The van der Waals surface area contributed by atoms with Crippen molar-refractivity contribution in [2.45, 2.75) is 32.2 Å². The van der Waals surface area contributed by atoms with Crippen LogP contribution in [0.1, 0.15) is 53.8 Å². The molecule has 0 radical (unpaired) electrons. The van der Waals surface area contributed by atoms with Gasteiger partial charge in [0.15, 0.2) is 0 Å². The van der Waals surface area contributed by atoms with Crippen molar-refractivity contribution in [3.05, 3.63) is 37.5 Å². The average Bonchev–Trinajstić information content (AvgIpc) is 3.10. The number of nitrogens with zero attached hydrogens (tertiary/aromatic N) is 2. The van der Waals surface area contributed by atoms with E-state index in [9.17, 15) is 9.59 Å². The number of thiophene rings is 1. The van der Waals surface area contributed by atoms with Crippen molar-refractivity contribution < 1.29 is 14.7 Å². The number of hydrogen-bond acceptors (Lipinski definition) is 5. The highest BCUT2D eigenvalue weighted by molar-refractivity contribution is 7.15. The Labute approximate surface area is 136 Å². The van der Waals surface area contributed by atoms with E-state index >= 15 is 0 Å². The summed E-state index contributed by atoms with van der Waals surface area (Å²) in [5.74, 6) is -1.12. The summed E-state index contributed by atoms with van der Waals surface area (Å²) in [6, 6.07) is 3.11. The standard InChI is InChI=1S/C15H16N2O3S2/c1-8-16-9-4-3-5-10(13(9)21-8)17(2)14(18)11-6-7-12(22-11)15(19)20/h6-7,10H,3-5H2,1-2H3,(H,19,20). The number of carbonyl (C=O) groups is 2. The third-order valence-electron chi connectivity index (χ3n) is 3.84. The van der Waals surface area contributed by atoms with Gasteiger partial charge in [0, 0.05) is 7.05 Å². The number of hydrogen-bond donors (Lipinski definition) is 1. The highest BCUT2D eigenvalue weighted by atomic mass is 32.1. The maximum atomic E-state index is 12.6. The van der Waals surface area contributed by atoms with Crippen LogP contribution in [0.3, 0.4) is 0 Å². The Morgan fingerprint density at radius 1 is 1.32 bits per heavy atom. The Balaban J connectivity index is 1.85. The van der Waals surface area contributed by atoms with Crippen molar-refractivity contribution >= 4 is 34.6 Å². The van der Waals surface area contributed by atoms with Crippen LogP contribution in [-0.2, 0) is 6.42 Å². The summed E-state index contributed by atoms with van der Waals surface area (Å²) in [5.41, 5.74) is 1.11. The number of carbonyl (C=O) groups excluding carboxylic acids is 1. The van der Waals surface area contributed by atoms with Gasteiger partial charge in [0.1, 0.15) is 4.88 Å². The second kappa shape index (κ2) is 5.81. The first-order chi connectivity index (χ1) is 10.5. The number of aryl methyl sites for hydroxylation is 2. The van der Waals surface area contributed by atoms with Gasteiger partial charge in [0.2, 0.25) is 0 Å². The van der Waals surface area contributed by atoms with Crippen molar-refractivity contribution in [2.75, 3.05) is 7.05 Å². The molecule has 1 atom stereocenters. The summed E-state index contributed by atoms with van der Waals surface area (Å²) in [6.07, 6.45) is 2.91. The van der Waals surface area contributed by atoms with Crippen LogP contribution in [0.15, 0.2) is 12.1 Å². The van der Waals surface area contributed by atoms with Gasteiger partial charge in [-0.05, 0) is 38.3 Å². The molecule has 0 spiro atoms. The zero-order chi connectivity index (χ0) is 15.9. The molecule has 0 fully saturated rings. The Hall–Kier alpha value is -1.73. The van der Waals surface area contributed by atoms with Gasteiger partial charge in [-0.15, -0.1) is 22.7 Å². The zero-order valence-corrected chi connectivity index (χ0v) is 14.0. The number of aromatic carboxylic acids is 1. The molecule has 2 aromatic rings. The van der Waals surface area contributed by atoms with Crippen LogP contribution >= 0.6 is 22.7 Å². The molecule has 3 rings (SSSR count). The molecule has 7 heteroatoms. The highest BCUT2D eigenvalue weighted by Gasteiger charge is 2.30. The molecule has 0 aliphatic heterocycles. The summed E-state index contributed by atoms with van der Waals surface area (Å²) >= 11 is 2.68. The molecule has 22 heavy (non-hydrogen) atoms. The van der Waals surface area contributed by atoms with Crippen LogP contribution in [0.2, 0.25) is 0 Å². The molecule has 2 heterocycles. The molecule has 5 nitrogen and oxygen atoms in total. The van der Waals surface area contributed by atoms with Gasteiger partial charge in [0.05, 0.1) is 26.5 Å². The number of thiazole rings is 1. The molecule has 2 aromatic heterocycles. The molecule has 116 valence electrons. The van der Waals surface area contributed by atoms with Gasteiger partial charge in [-0.1, -0.05) is 0 Å². The highest BCUT2D eigenvalue weighted by Crippen LogP contribution is 2.38. The van der Waals surface area contributed by atoms with E-state index in [0.29, 0.717) is 4.88 Å². The van der Waals surface area contributed by atoms with Crippen LogP contribution in [0.5, 0.6) is 0 Å². The first kappa shape index (κ1) is 15.2. The van der Waals surface area contributed by atoms with E-state index in [1.165, 1.54) is 10.9 Å². The summed E-state index contributed by atoms with van der Waals surface area (Å²) in [5, 5.41) is 10.0. The fraction of sp³-hybridized carbons (Fsp3) is 0.400. The number of carboxylic acid groups (broad SMARTS) is 1. The summed E-state index contributed by atoms with van der Waals surface area (Å²) < 4.78 is 0. The van der Waals surface area contributed by atoms with Crippen LogP contribution in [-0.4, -0.2) is 33.9 Å². The largest absolute Gasteiger partial charge is 0.477 e. The maximum Gasteiger partial charge on any atom is 0.345 e. The van der Waals surface area contributed by atoms with E-state index in [-0.39, 0.29) is 16.8 Å². The predicted molar refractivity (Wildman–Crippen MR) is 85.9 cm³/mol. The Bertz CT molecular complexity index is 735. The lowest BCUT2D eigenvalue weighted by Crippen LogP contribution is -2.32. The fourth-order valence-electron chi connectivity index (χ4n) is 2.77. The molecule has 0 saturated heterocycles. The lowest BCUT2D eigenvalue weighted by molar-refractivity contribution is 0.0700. The number of fused-ring (bicyclic) bond motifs is 1. The maximum absolute atomic E-state index is 12.6. The smallest absolute Gasteiger partial charge is 0.345 e. The quantitative estimate of drug-likeness (QED) is 0.933. The van der Waals surface area contributed by atoms with Gasteiger partial charge in [-0.3, -0.25) is 4.79 Å². The third kappa shape index (κ3) is 2.66. The van der Waals surface area contributed by atoms with Crippen LogP contribution < -0.4 is 0 Å². The minimum atomic E-state index is -0.996. The minimum Gasteiger partial charge on any atom is -0.477 e. The molecule has 0 bridgehead atoms. The molecule has 0 aromatic carbocycles. The molecule has 0 saturated carbocycles. The molecular formula is C15H16N2O3S2. The van der Waals surface area contributed by atoms with Gasteiger partial charge in [0.25, 0.3) is 5.91 Å². The second-order valence-electron chi connectivity index (χ2n) is 5.34. The van der Waals surface area contributed by atoms with Gasteiger partial charge >= 0.3 is 5.97 Å². The lowest BCUT2D eigenvalue weighted by atomic mass is 9.97. The molecule has 1 unspecified atom stereocenters. The average molecular weight is 336 g/mol. The van der Waals surface area contributed by atoms with Gasteiger partial charge < -0.3 is 10.0 Å². The first-order valence-corrected chi connectivity index (χ1v) is 8.67. The number of rotatable bonds is 3. The molecule has 1 N–H and O–H groups in total. The van der Waals surface area contributed by atoms with Crippen molar-refractivity contribution in [3.63, 3.8) is 0 Å². The zero-order valence-electron chi connectivity index (χ0n) is 12.3. The van der Waals surface area contributed by atoms with Crippen molar-refractivity contribution in [2.24, 2.45) is 0 Å². The number of aromatic nitrogens is 1. The lowest BCUT2D eigenvalue weighted by Gasteiger charge is -2.30. The van der Waals surface area contributed by atoms with E-state index in [2.05, 4.69) is 4.98 Å². The molecular weight excluding hydrogens is 320 g/mol. The predicted octanol–water partition coefficient (Wildman–Crippen LogP) is 3.36. The second-order valence-corrected chi connectivity index (χ2v) is 7.66. The summed E-state index contributed by atoms with van der Waals surface area (Å²) in [4.78, 5) is 31.7. The van der Waals surface area contributed by atoms with Crippen molar-refractivity contribution in [1.82, 2.24) is 9.88 Å². The van der Waals surface area contributed by atoms with Gasteiger partial charge in [-0.2, -0.15) is 0 Å². The molecule has 1 amide bonds. The fourth-order valence-corrected chi connectivity index (χ4v) is 4.75. The van der Waals surface area contributed by atoms with Crippen molar-refractivity contribution in [1.29, 1.82) is 0 Å². The van der Waals surface area contributed by atoms with E-state index in [0.717, 1.165) is 41.3 Å². The normalized spacial score (nSPS) is 17.1. The van der Waals surface area contributed by atoms with Crippen molar-refractivity contribution in [3.8, 4) is 0 Å². The van der Waals surface area contributed by atoms with E-state index in [1.807, 2.05) is 6.92 Å². The monoisotopic (exact) mass is 336 g/mol. The molecule has 1 aliphatic carbocycles. The number of carboxylic acids is 1. The van der Waals surface area contributed by atoms with E-state index < -0.39 is 5.97 Å². The Kier molecular flexibility index (Phi) is 4.01.